The van der Waals surface area contributed by atoms with Crippen LogP contribution in [0.1, 0.15) is 50.6 Å². The molecule has 0 radical (unpaired) electrons. The van der Waals surface area contributed by atoms with Crippen LogP contribution >= 0.6 is 23.2 Å². The Labute approximate surface area is 163 Å². The Morgan fingerprint density at radius 2 is 1.81 bits per heavy atom. The monoisotopic (exact) mass is 396 g/mol. The van der Waals surface area contributed by atoms with Crippen LogP contribution in [0.25, 0.3) is 0 Å². The van der Waals surface area contributed by atoms with Gasteiger partial charge in [0.15, 0.2) is 0 Å². The van der Waals surface area contributed by atoms with E-state index in [1.807, 2.05) is 6.92 Å². The van der Waals surface area contributed by atoms with E-state index in [9.17, 15) is 14.4 Å². The Morgan fingerprint density at radius 1 is 1.19 bits per heavy atom. The Morgan fingerprint density at radius 3 is 2.38 bits per heavy atom. The standard InChI is InChI=1S/C19H22Cl2N2O3/c1-11(13-7-6-12(20)10-16(13)21)22-17(24)8-9-23-18(25)14-4-2-3-5-15(14)19(23)26/h6-7,10-11,14-15H,2-5,8-9H2,1H3,(H,22,24)/t11-,14-,15-/m0/s1. The number of rotatable bonds is 5. The topological polar surface area (TPSA) is 66.5 Å². The molecule has 1 N–H and O–H groups in total. The second-order valence-corrected chi connectivity index (χ2v) is 7.87. The molecule has 0 spiro atoms. The quantitative estimate of drug-likeness (QED) is 0.770. The molecular formula is C19H22Cl2N2O3. The van der Waals surface area contributed by atoms with E-state index in [0.29, 0.717) is 10.0 Å². The van der Waals surface area contributed by atoms with Crippen molar-refractivity contribution >= 4 is 40.9 Å². The SMILES string of the molecule is C[C@H](NC(=O)CCN1C(=O)[C@H]2CCCC[C@@H]2C1=O)c1ccc(Cl)cc1Cl. The van der Waals surface area contributed by atoms with Gasteiger partial charge in [-0.05, 0) is 37.5 Å². The van der Waals surface area contributed by atoms with Gasteiger partial charge >= 0.3 is 0 Å². The summed E-state index contributed by atoms with van der Waals surface area (Å²) in [5.41, 5.74) is 0.767. The highest BCUT2D eigenvalue weighted by atomic mass is 35.5. The zero-order valence-corrected chi connectivity index (χ0v) is 16.1. The first-order valence-corrected chi connectivity index (χ1v) is 9.73. The van der Waals surface area contributed by atoms with E-state index in [-0.39, 0.29) is 48.6 Å². The molecule has 0 aromatic heterocycles. The van der Waals surface area contributed by atoms with Crippen molar-refractivity contribution in [2.75, 3.05) is 6.54 Å². The summed E-state index contributed by atoms with van der Waals surface area (Å²) in [6.45, 7) is 1.96. The van der Waals surface area contributed by atoms with Gasteiger partial charge in [-0.2, -0.15) is 0 Å². The number of fused-ring (bicyclic) bond motifs is 1. The van der Waals surface area contributed by atoms with Crippen LogP contribution in [0.15, 0.2) is 18.2 Å². The van der Waals surface area contributed by atoms with E-state index in [4.69, 9.17) is 23.2 Å². The number of nitrogens with one attached hydrogen (secondary N) is 1. The fraction of sp³-hybridized carbons (Fsp3) is 0.526. The second kappa shape index (κ2) is 7.97. The number of carbonyl (C=O) groups is 3. The Kier molecular flexibility index (Phi) is 5.88. The smallest absolute Gasteiger partial charge is 0.233 e. The first-order chi connectivity index (χ1) is 12.4. The molecule has 1 saturated heterocycles. The molecule has 1 aromatic carbocycles. The number of hydrogen-bond acceptors (Lipinski definition) is 3. The normalized spacial score (nSPS) is 23.7. The van der Waals surface area contributed by atoms with Gasteiger partial charge in [0.25, 0.3) is 0 Å². The highest BCUT2D eigenvalue weighted by molar-refractivity contribution is 6.35. The molecule has 26 heavy (non-hydrogen) atoms. The number of benzene rings is 1. The Bertz CT molecular complexity index is 713. The van der Waals surface area contributed by atoms with Crippen molar-refractivity contribution < 1.29 is 14.4 Å². The van der Waals surface area contributed by atoms with Crippen molar-refractivity contribution in [1.82, 2.24) is 10.2 Å². The summed E-state index contributed by atoms with van der Waals surface area (Å²) in [4.78, 5) is 38.4. The molecule has 2 aliphatic rings. The number of nitrogens with zero attached hydrogens (tertiary/aromatic N) is 1. The minimum atomic E-state index is -0.292. The maximum atomic E-state index is 12.4. The number of carbonyl (C=O) groups excluding carboxylic acids is 3. The van der Waals surface area contributed by atoms with Gasteiger partial charge in [0.2, 0.25) is 17.7 Å². The van der Waals surface area contributed by atoms with Crippen LogP contribution < -0.4 is 5.32 Å². The van der Waals surface area contributed by atoms with Crippen LogP contribution in [-0.4, -0.2) is 29.2 Å². The van der Waals surface area contributed by atoms with E-state index >= 15 is 0 Å². The van der Waals surface area contributed by atoms with Crippen LogP contribution in [0, 0.1) is 11.8 Å². The van der Waals surface area contributed by atoms with Crippen molar-refractivity contribution in [2.45, 2.75) is 45.1 Å². The van der Waals surface area contributed by atoms with E-state index in [1.54, 1.807) is 18.2 Å². The minimum Gasteiger partial charge on any atom is -0.349 e. The van der Waals surface area contributed by atoms with E-state index < -0.39 is 0 Å². The molecule has 1 aliphatic carbocycles. The molecule has 1 aromatic rings. The summed E-state index contributed by atoms with van der Waals surface area (Å²) >= 11 is 12.1. The van der Waals surface area contributed by atoms with Crippen LogP contribution in [0.5, 0.6) is 0 Å². The van der Waals surface area contributed by atoms with Gasteiger partial charge in [0, 0.05) is 23.0 Å². The molecule has 0 bridgehead atoms. The maximum absolute atomic E-state index is 12.4. The Balaban J connectivity index is 1.55. The van der Waals surface area contributed by atoms with E-state index in [2.05, 4.69) is 5.32 Å². The lowest BCUT2D eigenvalue weighted by Gasteiger charge is -2.19. The maximum Gasteiger partial charge on any atom is 0.233 e. The van der Waals surface area contributed by atoms with Gasteiger partial charge in [0.05, 0.1) is 17.9 Å². The molecule has 5 nitrogen and oxygen atoms in total. The summed E-state index contributed by atoms with van der Waals surface area (Å²) in [5.74, 6) is -0.793. The number of imide groups is 1. The zero-order chi connectivity index (χ0) is 18.8. The van der Waals surface area contributed by atoms with Gasteiger partial charge in [-0.3, -0.25) is 19.3 Å². The van der Waals surface area contributed by atoms with Crippen LogP contribution in [0.3, 0.4) is 0 Å². The third-order valence-corrected chi connectivity index (χ3v) is 5.86. The molecule has 3 amide bonds. The number of halogens is 2. The third-order valence-electron chi connectivity index (χ3n) is 5.30. The number of hydrogen-bond donors (Lipinski definition) is 1. The highest BCUT2D eigenvalue weighted by Crippen LogP contribution is 2.38. The fourth-order valence-electron chi connectivity index (χ4n) is 3.91. The highest BCUT2D eigenvalue weighted by Gasteiger charge is 2.47. The lowest BCUT2D eigenvalue weighted by molar-refractivity contribution is -0.140. The molecule has 0 unspecified atom stereocenters. The number of likely N-dealkylation sites (tertiary alicyclic amines) is 1. The molecule has 140 valence electrons. The zero-order valence-electron chi connectivity index (χ0n) is 14.6. The average molecular weight is 397 g/mol. The first kappa shape index (κ1) is 19.2. The van der Waals surface area contributed by atoms with Crippen LogP contribution in [-0.2, 0) is 14.4 Å². The van der Waals surface area contributed by atoms with Crippen molar-refractivity contribution in [3.8, 4) is 0 Å². The van der Waals surface area contributed by atoms with Crippen molar-refractivity contribution in [3.63, 3.8) is 0 Å². The Hall–Kier alpha value is -1.59. The summed E-state index contributed by atoms with van der Waals surface area (Å²) in [6, 6.07) is 4.83. The van der Waals surface area contributed by atoms with Crippen LogP contribution in [0.2, 0.25) is 10.0 Å². The van der Waals surface area contributed by atoms with E-state index in [1.165, 1.54) is 4.90 Å². The summed E-state index contributed by atoms with van der Waals surface area (Å²) in [6.07, 6.45) is 3.64. The summed E-state index contributed by atoms with van der Waals surface area (Å²) < 4.78 is 0. The summed E-state index contributed by atoms with van der Waals surface area (Å²) in [7, 11) is 0. The predicted octanol–water partition coefficient (Wildman–Crippen LogP) is 3.74. The van der Waals surface area contributed by atoms with Gasteiger partial charge in [-0.1, -0.05) is 42.1 Å². The molecule has 3 rings (SSSR count). The largest absolute Gasteiger partial charge is 0.349 e. The van der Waals surface area contributed by atoms with Gasteiger partial charge in [-0.25, -0.2) is 0 Å². The van der Waals surface area contributed by atoms with Crippen molar-refractivity contribution in [3.05, 3.63) is 33.8 Å². The van der Waals surface area contributed by atoms with Crippen LogP contribution in [0.4, 0.5) is 0 Å². The molecule has 2 fully saturated rings. The average Bonchev–Trinajstić information content (AvgIpc) is 2.84. The molecular weight excluding hydrogens is 375 g/mol. The second-order valence-electron chi connectivity index (χ2n) is 7.03. The molecule has 7 heteroatoms. The molecule has 3 atom stereocenters. The first-order valence-electron chi connectivity index (χ1n) is 8.98. The lowest BCUT2D eigenvalue weighted by atomic mass is 9.81. The summed E-state index contributed by atoms with van der Waals surface area (Å²) in [5, 5.41) is 3.87. The van der Waals surface area contributed by atoms with Gasteiger partial charge < -0.3 is 5.32 Å². The third kappa shape index (κ3) is 3.89. The predicted molar refractivity (Wildman–Crippen MR) is 99.8 cm³/mol. The number of amides is 3. The minimum absolute atomic E-state index is 0.0898. The van der Waals surface area contributed by atoms with E-state index in [0.717, 1.165) is 31.2 Å². The molecule has 1 heterocycles. The molecule has 1 saturated carbocycles. The van der Waals surface area contributed by atoms with Crippen molar-refractivity contribution in [1.29, 1.82) is 0 Å². The van der Waals surface area contributed by atoms with Gasteiger partial charge in [0.1, 0.15) is 0 Å². The fourth-order valence-corrected chi connectivity index (χ4v) is 4.48. The molecule has 1 aliphatic heterocycles. The van der Waals surface area contributed by atoms with Gasteiger partial charge in [-0.15, -0.1) is 0 Å². The lowest BCUT2D eigenvalue weighted by Crippen LogP contribution is -2.36. The van der Waals surface area contributed by atoms with Crippen molar-refractivity contribution in [2.24, 2.45) is 11.8 Å².